The normalized spacial score (nSPS) is 10.2. The quantitative estimate of drug-likeness (QED) is 0.885. The molecule has 2 aromatic rings. The molecule has 0 saturated heterocycles. The van der Waals surface area contributed by atoms with Crippen molar-refractivity contribution < 1.29 is 13.9 Å². The molecule has 1 aromatic heterocycles. The molecular formula is C15H16FN3O2. The summed E-state index contributed by atoms with van der Waals surface area (Å²) in [6, 6.07) is 6.27. The van der Waals surface area contributed by atoms with Crippen molar-refractivity contribution in [3.8, 4) is 5.88 Å². The van der Waals surface area contributed by atoms with E-state index in [1.54, 1.807) is 26.3 Å². The number of primary amides is 1. The lowest BCUT2D eigenvalue weighted by atomic mass is 10.1. The van der Waals surface area contributed by atoms with Crippen molar-refractivity contribution in [2.75, 3.05) is 12.4 Å². The van der Waals surface area contributed by atoms with Gasteiger partial charge in [-0.2, -0.15) is 0 Å². The topological polar surface area (TPSA) is 77.2 Å². The van der Waals surface area contributed by atoms with Gasteiger partial charge in [-0.25, -0.2) is 9.37 Å². The summed E-state index contributed by atoms with van der Waals surface area (Å²) in [6.45, 7) is 2.08. The van der Waals surface area contributed by atoms with Gasteiger partial charge in [0.05, 0.1) is 7.11 Å². The Morgan fingerprint density at radius 2 is 2.19 bits per heavy atom. The van der Waals surface area contributed by atoms with Gasteiger partial charge in [-0.3, -0.25) is 4.79 Å². The van der Waals surface area contributed by atoms with Gasteiger partial charge in [-0.05, 0) is 24.6 Å². The molecule has 0 aliphatic rings. The van der Waals surface area contributed by atoms with E-state index < -0.39 is 11.7 Å². The summed E-state index contributed by atoms with van der Waals surface area (Å²) in [7, 11) is 1.54. The number of rotatable bonds is 5. The Bertz CT molecular complexity index is 657. The summed E-state index contributed by atoms with van der Waals surface area (Å²) in [4.78, 5) is 15.3. The largest absolute Gasteiger partial charge is 0.481 e. The molecule has 0 aliphatic carbocycles. The number of carbonyl (C=O) groups is 1. The number of nitrogens with one attached hydrogen (secondary N) is 1. The second kappa shape index (κ2) is 6.21. The summed E-state index contributed by atoms with van der Waals surface area (Å²) in [6.07, 6.45) is 1.66. The zero-order chi connectivity index (χ0) is 15.4. The van der Waals surface area contributed by atoms with Crippen LogP contribution in [0.25, 0.3) is 0 Å². The van der Waals surface area contributed by atoms with Gasteiger partial charge in [0.15, 0.2) is 0 Å². The van der Waals surface area contributed by atoms with Gasteiger partial charge in [0.2, 0.25) is 11.8 Å². The third-order valence-electron chi connectivity index (χ3n) is 3.12. The van der Waals surface area contributed by atoms with Crippen molar-refractivity contribution in [1.29, 1.82) is 0 Å². The van der Waals surface area contributed by atoms with Crippen LogP contribution in [0.5, 0.6) is 5.88 Å². The molecule has 0 radical (unpaired) electrons. The van der Waals surface area contributed by atoms with Crippen LogP contribution >= 0.6 is 0 Å². The van der Waals surface area contributed by atoms with E-state index in [4.69, 9.17) is 10.5 Å². The summed E-state index contributed by atoms with van der Waals surface area (Å²) < 4.78 is 18.7. The smallest absolute Gasteiger partial charge is 0.248 e. The fraction of sp³-hybridized carbons (Fsp3) is 0.200. The lowest BCUT2D eigenvalue weighted by molar-refractivity contribution is 0.1000. The number of hydrogen-bond donors (Lipinski definition) is 2. The van der Waals surface area contributed by atoms with E-state index in [1.807, 2.05) is 6.07 Å². The fourth-order valence-electron chi connectivity index (χ4n) is 1.84. The molecule has 0 aliphatic heterocycles. The van der Waals surface area contributed by atoms with Gasteiger partial charge in [0.1, 0.15) is 5.82 Å². The summed E-state index contributed by atoms with van der Waals surface area (Å²) in [5.41, 5.74) is 7.18. The maximum absolute atomic E-state index is 13.7. The number of hydrogen-bond acceptors (Lipinski definition) is 4. The van der Waals surface area contributed by atoms with Crippen molar-refractivity contribution in [1.82, 2.24) is 4.98 Å². The SMILES string of the molecule is COc1ccc(CNc2cc(C(N)=O)cc(F)c2C)cn1. The Hall–Kier alpha value is -2.63. The first-order valence-corrected chi connectivity index (χ1v) is 6.34. The Labute approximate surface area is 121 Å². The molecule has 0 unspecified atom stereocenters. The molecule has 6 heteroatoms. The molecule has 1 aromatic carbocycles. The zero-order valence-corrected chi connectivity index (χ0v) is 11.8. The van der Waals surface area contributed by atoms with E-state index in [1.165, 1.54) is 6.07 Å². The van der Waals surface area contributed by atoms with E-state index in [0.717, 1.165) is 11.6 Å². The number of nitrogens with zero attached hydrogens (tertiary/aromatic N) is 1. The lowest BCUT2D eigenvalue weighted by Crippen LogP contribution is -2.13. The third-order valence-corrected chi connectivity index (χ3v) is 3.12. The minimum atomic E-state index is -0.664. The molecule has 110 valence electrons. The minimum absolute atomic E-state index is 0.133. The first-order valence-electron chi connectivity index (χ1n) is 6.34. The van der Waals surface area contributed by atoms with Crippen molar-refractivity contribution >= 4 is 11.6 Å². The molecule has 0 fully saturated rings. The van der Waals surface area contributed by atoms with Crippen molar-refractivity contribution in [3.05, 3.63) is 53.0 Å². The minimum Gasteiger partial charge on any atom is -0.481 e. The van der Waals surface area contributed by atoms with E-state index >= 15 is 0 Å². The van der Waals surface area contributed by atoms with Gasteiger partial charge in [-0.15, -0.1) is 0 Å². The Morgan fingerprint density at radius 1 is 1.43 bits per heavy atom. The highest BCUT2D eigenvalue weighted by Crippen LogP contribution is 2.21. The van der Waals surface area contributed by atoms with Crippen LogP contribution in [0.2, 0.25) is 0 Å². The maximum atomic E-state index is 13.7. The first-order chi connectivity index (χ1) is 10.0. The molecule has 3 N–H and O–H groups in total. The van der Waals surface area contributed by atoms with Crippen LogP contribution in [0.3, 0.4) is 0 Å². The van der Waals surface area contributed by atoms with E-state index in [9.17, 15) is 9.18 Å². The molecule has 0 saturated carbocycles. The van der Waals surface area contributed by atoms with Gasteiger partial charge in [0, 0.05) is 35.6 Å². The maximum Gasteiger partial charge on any atom is 0.248 e. The second-order valence-corrected chi connectivity index (χ2v) is 4.56. The molecule has 1 amide bonds. The lowest BCUT2D eigenvalue weighted by Gasteiger charge is -2.12. The van der Waals surface area contributed by atoms with E-state index in [0.29, 0.717) is 23.7 Å². The number of methoxy groups -OCH3 is 1. The predicted octanol–water partition coefficient (Wildman–Crippen LogP) is 2.25. The number of carbonyl (C=O) groups excluding carboxylic acids is 1. The molecule has 0 spiro atoms. The molecule has 2 rings (SSSR count). The first kappa shape index (κ1) is 14.8. The number of halogens is 1. The van der Waals surface area contributed by atoms with Gasteiger partial charge < -0.3 is 15.8 Å². The summed E-state index contributed by atoms with van der Waals surface area (Å²) >= 11 is 0. The van der Waals surface area contributed by atoms with Crippen LogP contribution in [-0.2, 0) is 6.54 Å². The predicted molar refractivity (Wildman–Crippen MR) is 77.8 cm³/mol. The average Bonchev–Trinajstić information content (AvgIpc) is 2.49. The van der Waals surface area contributed by atoms with Crippen molar-refractivity contribution in [2.24, 2.45) is 5.73 Å². The average molecular weight is 289 g/mol. The van der Waals surface area contributed by atoms with Crippen molar-refractivity contribution in [2.45, 2.75) is 13.5 Å². The molecule has 21 heavy (non-hydrogen) atoms. The van der Waals surface area contributed by atoms with Crippen LogP contribution in [0, 0.1) is 12.7 Å². The number of benzene rings is 1. The third kappa shape index (κ3) is 3.47. The Balaban J connectivity index is 2.16. The summed E-state index contributed by atoms with van der Waals surface area (Å²) in [5.74, 6) is -0.610. The van der Waals surface area contributed by atoms with E-state index in [2.05, 4.69) is 10.3 Å². The molecule has 0 bridgehead atoms. The fourth-order valence-corrected chi connectivity index (χ4v) is 1.84. The summed E-state index contributed by atoms with van der Waals surface area (Å²) in [5, 5.41) is 3.07. The highest BCUT2D eigenvalue weighted by molar-refractivity contribution is 5.94. The number of nitrogens with two attached hydrogens (primary N) is 1. The van der Waals surface area contributed by atoms with Crippen LogP contribution < -0.4 is 15.8 Å². The van der Waals surface area contributed by atoms with Gasteiger partial charge in [-0.1, -0.05) is 6.07 Å². The Kier molecular flexibility index (Phi) is 4.37. The molecule has 1 heterocycles. The second-order valence-electron chi connectivity index (χ2n) is 4.56. The van der Waals surface area contributed by atoms with Crippen molar-refractivity contribution in [3.63, 3.8) is 0 Å². The number of amides is 1. The van der Waals surface area contributed by atoms with Gasteiger partial charge in [0.25, 0.3) is 0 Å². The highest BCUT2D eigenvalue weighted by Gasteiger charge is 2.10. The standard InChI is InChI=1S/C15H16FN3O2/c1-9-12(16)5-11(15(17)20)6-13(9)18-7-10-3-4-14(21-2)19-8-10/h3-6,8,18H,7H2,1-2H3,(H2,17,20). The number of aromatic nitrogens is 1. The monoisotopic (exact) mass is 289 g/mol. The zero-order valence-electron chi connectivity index (χ0n) is 11.8. The molecular weight excluding hydrogens is 273 g/mol. The molecule has 5 nitrogen and oxygen atoms in total. The van der Waals surface area contributed by atoms with Crippen LogP contribution in [0.15, 0.2) is 30.5 Å². The highest BCUT2D eigenvalue weighted by atomic mass is 19.1. The Morgan fingerprint density at radius 3 is 2.76 bits per heavy atom. The van der Waals surface area contributed by atoms with Gasteiger partial charge >= 0.3 is 0 Å². The van der Waals surface area contributed by atoms with Crippen LogP contribution in [0.4, 0.5) is 10.1 Å². The number of anilines is 1. The number of pyridine rings is 1. The van der Waals surface area contributed by atoms with E-state index in [-0.39, 0.29) is 5.56 Å². The van der Waals surface area contributed by atoms with Crippen LogP contribution in [-0.4, -0.2) is 18.0 Å². The van der Waals surface area contributed by atoms with Crippen LogP contribution in [0.1, 0.15) is 21.5 Å². The molecule has 0 atom stereocenters. The number of ether oxygens (including phenoxy) is 1.